The standard InChI is InChI=1S/C22H18F3N3O3S/c1-32-12-13-3-2-4-14(9-13)17-10-15(5-7-26-17)19-11-16-18(6-8-27-20(16)29)28(19)31-21(30)22(23,24)25/h2-5,7,9-11H,6,8,12H2,1H3,(H,27,29). The molecule has 3 aromatic rings. The van der Waals surface area contributed by atoms with Crippen LogP contribution in [-0.4, -0.2) is 40.6 Å². The lowest BCUT2D eigenvalue weighted by atomic mass is 10.0. The summed E-state index contributed by atoms with van der Waals surface area (Å²) in [5.74, 6) is -1.97. The van der Waals surface area contributed by atoms with Gasteiger partial charge in [0.05, 0.1) is 22.6 Å². The predicted octanol–water partition coefficient (Wildman–Crippen LogP) is 3.88. The second-order valence-corrected chi connectivity index (χ2v) is 8.00. The molecule has 166 valence electrons. The van der Waals surface area contributed by atoms with Crippen LogP contribution in [0.4, 0.5) is 13.2 Å². The van der Waals surface area contributed by atoms with E-state index < -0.39 is 18.1 Å². The zero-order valence-electron chi connectivity index (χ0n) is 16.9. The van der Waals surface area contributed by atoms with Crippen molar-refractivity contribution < 1.29 is 27.6 Å². The molecule has 0 fully saturated rings. The molecule has 1 aromatic carbocycles. The highest BCUT2D eigenvalue weighted by Crippen LogP contribution is 2.31. The van der Waals surface area contributed by atoms with Gasteiger partial charge in [-0.25, -0.2) is 4.79 Å². The summed E-state index contributed by atoms with van der Waals surface area (Å²) in [6, 6.07) is 12.5. The van der Waals surface area contributed by atoms with Crippen molar-refractivity contribution in [3.8, 4) is 22.5 Å². The summed E-state index contributed by atoms with van der Waals surface area (Å²) in [5.41, 5.74) is 3.55. The van der Waals surface area contributed by atoms with E-state index in [0.717, 1.165) is 21.6 Å². The van der Waals surface area contributed by atoms with Crippen LogP contribution >= 0.6 is 11.8 Å². The second-order valence-electron chi connectivity index (χ2n) is 7.13. The minimum Gasteiger partial charge on any atom is -0.352 e. The summed E-state index contributed by atoms with van der Waals surface area (Å²) in [6.07, 6.45) is -1.43. The lowest BCUT2D eigenvalue weighted by molar-refractivity contribution is -0.199. The van der Waals surface area contributed by atoms with E-state index in [4.69, 9.17) is 4.84 Å². The summed E-state index contributed by atoms with van der Waals surface area (Å²) >= 11 is 1.68. The molecule has 32 heavy (non-hydrogen) atoms. The van der Waals surface area contributed by atoms with Gasteiger partial charge in [-0.1, -0.05) is 18.2 Å². The van der Waals surface area contributed by atoms with Gasteiger partial charge in [-0.3, -0.25) is 9.78 Å². The predicted molar refractivity (Wildman–Crippen MR) is 114 cm³/mol. The SMILES string of the molecule is CSCc1cccc(-c2cc(-c3cc4c(n3OC(=O)C(F)(F)F)CCNC4=O)ccn2)c1. The molecule has 0 aliphatic carbocycles. The average molecular weight is 461 g/mol. The number of amides is 1. The largest absolute Gasteiger partial charge is 0.493 e. The van der Waals surface area contributed by atoms with Gasteiger partial charge in [-0.15, -0.1) is 0 Å². The molecule has 2 aromatic heterocycles. The van der Waals surface area contributed by atoms with Gasteiger partial charge < -0.3 is 10.2 Å². The van der Waals surface area contributed by atoms with Crippen molar-refractivity contribution in [2.75, 3.05) is 12.8 Å². The smallest absolute Gasteiger partial charge is 0.352 e. The van der Waals surface area contributed by atoms with E-state index in [2.05, 4.69) is 10.3 Å². The number of fused-ring (bicyclic) bond motifs is 1. The van der Waals surface area contributed by atoms with Crippen LogP contribution in [0.2, 0.25) is 0 Å². The molecule has 6 nitrogen and oxygen atoms in total. The topological polar surface area (TPSA) is 73.2 Å². The number of nitrogens with zero attached hydrogens (tertiary/aromatic N) is 2. The maximum atomic E-state index is 12.9. The number of benzene rings is 1. The number of carbonyl (C=O) groups excluding carboxylic acids is 2. The van der Waals surface area contributed by atoms with Crippen molar-refractivity contribution in [1.82, 2.24) is 15.0 Å². The first-order valence-corrected chi connectivity index (χ1v) is 11.0. The summed E-state index contributed by atoms with van der Waals surface area (Å²) in [7, 11) is 0. The molecular formula is C22H18F3N3O3S. The molecule has 1 N–H and O–H groups in total. The lowest BCUT2D eigenvalue weighted by Crippen LogP contribution is -2.37. The maximum absolute atomic E-state index is 12.9. The van der Waals surface area contributed by atoms with Crippen molar-refractivity contribution in [2.45, 2.75) is 18.3 Å². The Balaban J connectivity index is 1.80. The number of pyridine rings is 1. The summed E-state index contributed by atoms with van der Waals surface area (Å²) in [4.78, 5) is 32.9. The second kappa shape index (κ2) is 8.70. The Morgan fingerprint density at radius 1 is 1.22 bits per heavy atom. The van der Waals surface area contributed by atoms with Gasteiger partial charge in [0.25, 0.3) is 5.91 Å². The molecule has 0 radical (unpaired) electrons. The molecule has 10 heteroatoms. The Bertz CT molecular complexity index is 1190. The molecule has 0 bridgehead atoms. The number of hydrogen-bond donors (Lipinski definition) is 1. The first-order valence-electron chi connectivity index (χ1n) is 9.65. The van der Waals surface area contributed by atoms with Gasteiger partial charge in [0.2, 0.25) is 0 Å². The van der Waals surface area contributed by atoms with Crippen LogP contribution < -0.4 is 10.2 Å². The molecule has 4 rings (SSSR count). The third-order valence-electron chi connectivity index (χ3n) is 4.94. The van der Waals surface area contributed by atoms with E-state index in [0.29, 0.717) is 11.3 Å². The zero-order valence-corrected chi connectivity index (χ0v) is 17.7. The number of rotatable bonds is 5. The maximum Gasteiger partial charge on any atom is 0.493 e. The Hall–Kier alpha value is -3.27. The zero-order chi connectivity index (χ0) is 22.9. The van der Waals surface area contributed by atoms with E-state index in [9.17, 15) is 22.8 Å². The van der Waals surface area contributed by atoms with Gasteiger partial charge in [0.15, 0.2) is 0 Å². The molecule has 1 aliphatic heterocycles. The Morgan fingerprint density at radius 3 is 2.78 bits per heavy atom. The van der Waals surface area contributed by atoms with E-state index in [1.54, 1.807) is 23.9 Å². The van der Waals surface area contributed by atoms with Gasteiger partial charge >= 0.3 is 12.1 Å². The molecule has 0 atom stereocenters. The first-order chi connectivity index (χ1) is 15.3. The molecule has 0 unspecified atom stereocenters. The minimum atomic E-state index is -5.17. The third kappa shape index (κ3) is 4.36. The Kier molecular flexibility index (Phi) is 5.96. The molecule has 3 heterocycles. The number of carbonyl (C=O) groups is 2. The van der Waals surface area contributed by atoms with E-state index in [1.165, 1.54) is 12.3 Å². The first kappa shape index (κ1) is 21.9. The quantitative estimate of drug-likeness (QED) is 0.624. The molecule has 0 saturated carbocycles. The monoisotopic (exact) mass is 461 g/mol. The van der Waals surface area contributed by atoms with Crippen molar-refractivity contribution in [2.24, 2.45) is 0 Å². The molecular weight excluding hydrogens is 443 g/mol. The third-order valence-corrected chi connectivity index (χ3v) is 5.57. The van der Waals surface area contributed by atoms with Crippen LogP contribution in [0.15, 0.2) is 48.7 Å². The number of alkyl halides is 3. The molecule has 1 aliphatic rings. The van der Waals surface area contributed by atoms with Gasteiger partial charge in [-0.2, -0.15) is 29.7 Å². The van der Waals surface area contributed by atoms with E-state index >= 15 is 0 Å². The van der Waals surface area contributed by atoms with Crippen LogP contribution in [0.3, 0.4) is 0 Å². The van der Waals surface area contributed by atoms with Crippen molar-refractivity contribution >= 4 is 23.6 Å². The Morgan fingerprint density at radius 2 is 2.03 bits per heavy atom. The highest BCUT2D eigenvalue weighted by molar-refractivity contribution is 7.97. The summed E-state index contributed by atoms with van der Waals surface area (Å²) in [6.45, 7) is 0.225. The van der Waals surface area contributed by atoms with E-state index in [1.807, 2.05) is 30.5 Å². The van der Waals surface area contributed by atoms with Gasteiger partial charge in [0.1, 0.15) is 0 Å². The fourth-order valence-corrected chi connectivity index (χ4v) is 4.04. The number of aromatic nitrogens is 2. The lowest BCUT2D eigenvalue weighted by Gasteiger charge is -2.17. The van der Waals surface area contributed by atoms with Gasteiger partial charge in [0, 0.05) is 36.0 Å². The average Bonchev–Trinajstić information content (AvgIpc) is 3.13. The van der Waals surface area contributed by atoms with Crippen molar-refractivity contribution in [1.29, 1.82) is 0 Å². The van der Waals surface area contributed by atoms with Crippen LogP contribution in [0.1, 0.15) is 21.6 Å². The number of hydrogen-bond acceptors (Lipinski definition) is 5. The highest BCUT2D eigenvalue weighted by atomic mass is 32.2. The van der Waals surface area contributed by atoms with Crippen LogP contribution in [0.25, 0.3) is 22.5 Å². The van der Waals surface area contributed by atoms with Crippen LogP contribution in [0, 0.1) is 0 Å². The fourth-order valence-electron chi connectivity index (χ4n) is 3.53. The molecule has 0 saturated heterocycles. The van der Waals surface area contributed by atoms with Crippen LogP contribution in [-0.2, 0) is 17.0 Å². The summed E-state index contributed by atoms with van der Waals surface area (Å²) in [5, 5.41) is 2.64. The highest BCUT2D eigenvalue weighted by Gasteiger charge is 2.43. The molecule has 0 spiro atoms. The van der Waals surface area contributed by atoms with Crippen molar-refractivity contribution in [3.63, 3.8) is 0 Å². The fraction of sp³-hybridized carbons (Fsp3) is 0.227. The Labute approximate surface area is 185 Å². The normalized spacial score (nSPS) is 13.4. The van der Waals surface area contributed by atoms with Crippen LogP contribution in [0.5, 0.6) is 0 Å². The van der Waals surface area contributed by atoms with Gasteiger partial charge in [-0.05, 0) is 36.1 Å². The molecule has 1 amide bonds. The van der Waals surface area contributed by atoms with E-state index in [-0.39, 0.29) is 29.9 Å². The van der Waals surface area contributed by atoms with Crippen molar-refractivity contribution in [3.05, 3.63) is 65.5 Å². The summed E-state index contributed by atoms with van der Waals surface area (Å²) < 4.78 is 39.5. The number of thioether (sulfide) groups is 1. The minimum absolute atomic E-state index is 0.161. The number of halogens is 3. The number of nitrogens with one attached hydrogen (secondary N) is 1.